The number of carbonyl (C=O) groups is 1. The van der Waals surface area contributed by atoms with Crippen molar-refractivity contribution in [3.63, 3.8) is 0 Å². The van der Waals surface area contributed by atoms with Crippen molar-refractivity contribution in [3.8, 4) is 0 Å². The molecule has 19 heavy (non-hydrogen) atoms. The van der Waals surface area contributed by atoms with Crippen molar-refractivity contribution in [3.05, 3.63) is 34.3 Å². The lowest BCUT2D eigenvalue weighted by molar-refractivity contribution is -0.122. The van der Waals surface area contributed by atoms with Crippen molar-refractivity contribution in [1.82, 2.24) is 10.6 Å². The predicted molar refractivity (Wildman–Crippen MR) is 83.1 cm³/mol. The summed E-state index contributed by atoms with van der Waals surface area (Å²) >= 11 is 3.41. The molecule has 1 atom stereocenters. The molecule has 0 spiro atoms. The monoisotopic (exact) mass is 326 g/mol. The number of amides is 1. The Kier molecular flexibility index (Phi) is 6.01. The van der Waals surface area contributed by atoms with Gasteiger partial charge in [0.25, 0.3) is 0 Å². The van der Waals surface area contributed by atoms with Crippen molar-refractivity contribution in [2.24, 2.45) is 0 Å². The molecule has 0 saturated heterocycles. The van der Waals surface area contributed by atoms with Crippen LogP contribution in [0.3, 0.4) is 0 Å². The molecule has 1 aromatic rings. The first kappa shape index (κ1) is 16.2. The smallest absolute Gasteiger partial charge is 0.234 e. The van der Waals surface area contributed by atoms with E-state index in [2.05, 4.69) is 40.4 Å². The molecule has 1 unspecified atom stereocenters. The van der Waals surface area contributed by atoms with Gasteiger partial charge in [-0.3, -0.25) is 4.79 Å². The molecule has 0 heterocycles. The van der Waals surface area contributed by atoms with Gasteiger partial charge in [-0.05, 0) is 44.9 Å². The zero-order chi connectivity index (χ0) is 14.5. The molecular formula is C15H23BrN2O. The van der Waals surface area contributed by atoms with Crippen LogP contribution in [0.2, 0.25) is 0 Å². The van der Waals surface area contributed by atoms with Crippen LogP contribution in [0.5, 0.6) is 0 Å². The van der Waals surface area contributed by atoms with E-state index < -0.39 is 0 Å². The fourth-order valence-corrected chi connectivity index (χ4v) is 2.01. The molecule has 1 amide bonds. The molecule has 0 aromatic heterocycles. The molecule has 0 aliphatic carbocycles. The minimum Gasteiger partial charge on any atom is -0.346 e. The van der Waals surface area contributed by atoms with Crippen molar-refractivity contribution in [2.45, 2.75) is 45.7 Å². The van der Waals surface area contributed by atoms with Gasteiger partial charge in [-0.1, -0.05) is 35.0 Å². The molecule has 1 aromatic carbocycles. The Labute approximate surface area is 124 Å². The summed E-state index contributed by atoms with van der Waals surface area (Å²) in [4.78, 5) is 11.9. The highest BCUT2D eigenvalue weighted by Gasteiger charge is 2.22. The summed E-state index contributed by atoms with van der Waals surface area (Å²) in [7, 11) is 0. The van der Waals surface area contributed by atoms with E-state index in [0.29, 0.717) is 12.6 Å². The van der Waals surface area contributed by atoms with E-state index in [-0.39, 0.29) is 11.4 Å². The summed E-state index contributed by atoms with van der Waals surface area (Å²) in [5.74, 6) is 0.0215. The van der Waals surface area contributed by atoms with E-state index >= 15 is 0 Å². The minimum atomic E-state index is -0.366. The summed E-state index contributed by atoms with van der Waals surface area (Å²) < 4.78 is 1.04. The number of benzene rings is 1. The van der Waals surface area contributed by atoms with Gasteiger partial charge in [0.2, 0.25) is 5.91 Å². The van der Waals surface area contributed by atoms with Crippen LogP contribution in [-0.2, 0) is 10.3 Å². The van der Waals surface area contributed by atoms with Crippen LogP contribution in [0.25, 0.3) is 0 Å². The lowest BCUT2D eigenvalue weighted by Gasteiger charge is -2.27. The van der Waals surface area contributed by atoms with Crippen molar-refractivity contribution in [2.75, 3.05) is 6.54 Å². The minimum absolute atomic E-state index is 0.0215. The van der Waals surface area contributed by atoms with Crippen LogP contribution < -0.4 is 10.6 Å². The molecule has 3 nitrogen and oxygen atoms in total. The molecule has 0 radical (unpaired) electrons. The van der Waals surface area contributed by atoms with Gasteiger partial charge in [-0.25, -0.2) is 0 Å². The van der Waals surface area contributed by atoms with Gasteiger partial charge in [0.1, 0.15) is 0 Å². The molecule has 4 heteroatoms. The van der Waals surface area contributed by atoms with Crippen molar-refractivity contribution >= 4 is 21.8 Å². The predicted octanol–water partition coefficient (Wildman–Crippen LogP) is 3.19. The van der Waals surface area contributed by atoms with Crippen molar-refractivity contribution < 1.29 is 4.79 Å². The third kappa shape index (κ3) is 5.33. The maximum absolute atomic E-state index is 11.9. The summed E-state index contributed by atoms with van der Waals surface area (Å²) in [5, 5.41) is 6.25. The lowest BCUT2D eigenvalue weighted by Crippen LogP contribution is -2.46. The summed E-state index contributed by atoms with van der Waals surface area (Å²) in [6.45, 7) is 8.55. The quantitative estimate of drug-likeness (QED) is 0.842. The fourth-order valence-electron chi connectivity index (χ4n) is 1.74. The highest BCUT2D eigenvalue weighted by atomic mass is 79.9. The zero-order valence-electron chi connectivity index (χ0n) is 12.1. The SMILES string of the molecule is CCC(C)NCC(=O)NC(C)(C)c1ccc(Br)cc1. The standard InChI is InChI=1S/C15H23BrN2O/c1-5-11(2)17-10-14(19)18-15(3,4)12-6-8-13(16)9-7-12/h6-9,11,17H,5,10H2,1-4H3,(H,18,19). The Morgan fingerprint density at radius 2 is 1.89 bits per heavy atom. The average molecular weight is 327 g/mol. The maximum atomic E-state index is 11.9. The second-order valence-corrected chi connectivity index (χ2v) is 6.29. The number of nitrogens with one attached hydrogen (secondary N) is 2. The van der Waals surface area contributed by atoms with Gasteiger partial charge >= 0.3 is 0 Å². The topological polar surface area (TPSA) is 41.1 Å². The number of hydrogen-bond donors (Lipinski definition) is 2. The molecule has 0 saturated carbocycles. The number of rotatable bonds is 6. The summed E-state index contributed by atoms with van der Waals surface area (Å²) in [6, 6.07) is 8.38. The van der Waals surface area contributed by atoms with Crippen LogP contribution in [0, 0.1) is 0 Å². The third-order valence-corrected chi connectivity index (χ3v) is 3.77. The first-order valence-corrected chi connectivity index (χ1v) is 7.45. The van der Waals surface area contributed by atoms with Crippen LogP contribution >= 0.6 is 15.9 Å². The third-order valence-electron chi connectivity index (χ3n) is 3.24. The average Bonchev–Trinajstić information content (AvgIpc) is 2.36. The van der Waals surface area contributed by atoms with Gasteiger partial charge in [0.05, 0.1) is 12.1 Å². The molecular weight excluding hydrogens is 304 g/mol. The van der Waals surface area contributed by atoms with E-state index in [9.17, 15) is 4.79 Å². The van der Waals surface area contributed by atoms with Gasteiger partial charge in [-0.2, -0.15) is 0 Å². The highest BCUT2D eigenvalue weighted by Crippen LogP contribution is 2.21. The normalized spacial score (nSPS) is 13.1. The Hall–Kier alpha value is -0.870. The maximum Gasteiger partial charge on any atom is 0.234 e. The number of carbonyl (C=O) groups excluding carboxylic acids is 1. The Balaban J connectivity index is 2.58. The molecule has 0 bridgehead atoms. The number of hydrogen-bond acceptors (Lipinski definition) is 2. The van der Waals surface area contributed by atoms with Gasteiger partial charge in [0, 0.05) is 10.5 Å². The fraction of sp³-hybridized carbons (Fsp3) is 0.533. The molecule has 0 aliphatic rings. The summed E-state index contributed by atoms with van der Waals surface area (Å²) in [5.41, 5.74) is 0.724. The highest BCUT2D eigenvalue weighted by molar-refractivity contribution is 9.10. The molecule has 0 fully saturated rings. The van der Waals surface area contributed by atoms with Crippen LogP contribution in [0.4, 0.5) is 0 Å². The second kappa shape index (κ2) is 7.06. The first-order valence-electron chi connectivity index (χ1n) is 6.65. The van der Waals surface area contributed by atoms with Gasteiger partial charge < -0.3 is 10.6 Å². The first-order chi connectivity index (χ1) is 8.85. The van der Waals surface area contributed by atoms with E-state index in [4.69, 9.17) is 0 Å². The molecule has 106 valence electrons. The number of halogens is 1. The largest absolute Gasteiger partial charge is 0.346 e. The van der Waals surface area contributed by atoms with Gasteiger partial charge in [-0.15, -0.1) is 0 Å². The zero-order valence-corrected chi connectivity index (χ0v) is 13.7. The van der Waals surface area contributed by atoms with Crippen LogP contribution in [0.1, 0.15) is 39.7 Å². The Morgan fingerprint density at radius 1 is 1.32 bits per heavy atom. The Bertz CT molecular complexity index is 415. The van der Waals surface area contributed by atoms with Crippen LogP contribution in [-0.4, -0.2) is 18.5 Å². The van der Waals surface area contributed by atoms with Crippen LogP contribution in [0.15, 0.2) is 28.7 Å². The summed E-state index contributed by atoms with van der Waals surface area (Å²) in [6.07, 6.45) is 1.02. The molecule has 0 aliphatic heterocycles. The van der Waals surface area contributed by atoms with Gasteiger partial charge in [0.15, 0.2) is 0 Å². The van der Waals surface area contributed by atoms with E-state index in [0.717, 1.165) is 16.5 Å². The van der Waals surface area contributed by atoms with E-state index in [1.165, 1.54) is 0 Å². The second-order valence-electron chi connectivity index (χ2n) is 5.37. The lowest BCUT2D eigenvalue weighted by atomic mass is 9.94. The molecule has 1 rings (SSSR count). The Morgan fingerprint density at radius 3 is 2.42 bits per heavy atom. The van der Waals surface area contributed by atoms with Crippen molar-refractivity contribution in [1.29, 1.82) is 0 Å². The molecule has 2 N–H and O–H groups in total. The van der Waals surface area contributed by atoms with E-state index in [1.54, 1.807) is 0 Å². The van der Waals surface area contributed by atoms with E-state index in [1.807, 2.05) is 38.1 Å².